The minimum Gasteiger partial charge on any atom is -0.378 e. The summed E-state index contributed by atoms with van der Waals surface area (Å²) in [5, 5.41) is 13.9. The van der Waals surface area contributed by atoms with E-state index in [2.05, 4.69) is 16.4 Å². The van der Waals surface area contributed by atoms with Crippen LogP contribution >= 0.6 is 11.8 Å². The molecule has 0 unspecified atom stereocenters. The van der Waals surface area contributed by atoms with E-state index in [1.807, 2.05) is 75.3 Å². The lowest BCUT2D eigenvalue weighted by Gasteiger charge is -2.13. The van der Waals surface area contributed by atoms with Gasteiger partial charge >= 0.3 is 0 Å². The van der Waals surface area contributed by atoms with Crippen LogP contribution in [0.1, 0.15) is 16.7 Å². The molecule has 28 heavy (non-hydrogen) atoms. The second-order valence-electron chi connectivity index (χ2n) is 6.86. The van der Waals surface area contributed by atoms with E-state index < -0.39 is 0 Å². The highest BCUT2D eigenvalue weighted by atomic mass is 32.2. The Morgan fingerprint density at radius 3 is 2.46 bits per heavy atom. The number of amides is 1. The number of rotatable bonds is 5. The Bertz CT molecular complexity index is 1070. The van der Waals surface area contributed by atoms with Gasteiger partial charge in [0.1, 0.15) is 11.1 Å². The van der Waals surface area contributed by atoms with Crippen molar-refractivity contribution in [3.8, 4) is 6.07 Å². The number of fused-ring (bicyclic) bond motifs is 1. The zero-order valence-corrected chi connectivity index (χ0v) is 17.2. The van der Waals surface area contributed by atoms with Crippen molar-refractivity contribution in [2.45, 2.75) is 18.9 Å². The number of nitriles is 1. The van der Waals surface area contributed by atoms with Crippen molar-refractivity contribution >= 4 is 39.9 Å². The Balaban J connectivity index is 1.72. The number of nitrogens with zero attached hydrogens (tertiary/aromatic N) is 3. The zero-order valence-electron chi connectivity index (χ0n) is 16.4. The van der Waals surface area contributed by atoms with Crippen molar-refractivity contribution in [2.75, 3.05) is 30.1 Å². The molecule has 1 N–H and O–H groups in total. The Morgan fingerprint density at radius 2 is 1.82 bits per heavy atom. The number of carbonyl (C=O) groups is 1. The summed E-state index contributed by atoms with van der Waals surface area (Å²) in [4.78, 5) is 18.9. The highest BCUT2D eigenvalue weighted by Gasteiger charge is 2.11. The fourth-order valence-electron chi connectivity index (χ4n) is 2.79. The summed E-state index contributed by atoms with van der Waals surface area (Å²) in [7, 11) is 3.94. The van der Waals surface area contributed by atoms with E-state index in [-0.39, 0.29) is 11.7 Å². The summed E-state index contributed by atoms with van der Waals surface area (Å²) in [6.07, 6.45) is 0. The van der Waals surface area contributed by atoms with Crippen LogP contribution in [0, 0.1) is 25.2 Å². The molecule has 0 fully saturated rings. The Kier molecular flexibility index (Phi) is 5.86. The van der Waals surface area contributed by atoms with E-state index in [1.54, 1.807) is 0 Å². The molecule has 2 aromatic carbocycles. The van der Waals surface area contributed by atoms with Crippen molar-refractivity contribution in [1.82, 2.24) is 4.98 Å². The number of benzene rings is 2. The normalized spacial score (nSPS) is 10.5. The highest BCUT2D eigenvalue weighted by Crippen LogP contribution is 2.26. The lowest BCUT2D eigenvalue weighted by atomic mass is 10.1. The topological polar surface area (TPSA) is 69.0 Å². The molecule has 1 aromatic heterocycles. The van der Waals surface area contributed by atoms with Crippen LogP contribution in [0.3, 0.4) is 0 Å². The maximum Gasteiger partial charge on any atom is 0.234 e. The summed E-state index contributed by atoms with van der Waals surface area (Å²) in [6.45, 7) is 4.08. The molecular weight excluding hydrogens is 368 g/mol. The second kappa shape index (κ2) is 8.32. The zero-order chi connectivity index (χ0) is 20.3. The first-order valence-corrected chi connectivity index (χ1v) is 9.88. The molecular formula is C22H22N4OS. The van der Waals surface area contributed by atoms with Gasteiger partial charge in [0.2, 0.25) is 5.91 Å². The molecule has 0 bridgehead atoms. The van der Waals surface area contributed by atoms with Crippen molar-refractivity contribution in [3.63, 3.8) is 0 Å². The quantitative estimate of drug-likeness (QED) is 0.649. The number of hydrogen-bond acceptors (Lipinski definition) is 5. The van der Waals surface area contributed by atoms with Crippen LogP contribution in [0.15, 0.2) is 47.5 Å². The van der Waals surface area contributed by atoms with Gasteiger partial charge < -0.3 is 10.2 Å². The first kappa shape index (κ1) is 19.7. The monoisotopic (exact) mass is 390 g/mol. The van der Waals surface area contributed by atoms with Crippen LogP contribution in [-0.2, 0) is 4.79 Å². The minimum absolute atomic E-state index is 0.131. The van der Waals surface area contributed by atoms with Gasteiger partial charge in [-0.2, -0.15) is 5.26 Å². The third kappa shape index (κ3) is 4.44. The Morgan fingerprint density at radius 1 is 1.14 bits per heavy atom. The molecule has 1 amide bonds. The average Bonchev–Trinajstić information content (AvgIpc) is 2.67. The fraction of sp³-hybridized carbons (Fsp3) is 0.227. The lowest BCUT2D eigenvalue weighted by molar-refractivity contribution is -0.113. The van der Waals surface area contributed by atoms with Crippen molar-refractivity contribution in [2.24, 2.45) is 0 Å². The van der Waals surface area contributed by atoms with Crippen LogP contribution in [0.25, 0.3) is 10.9 Å². The number of thioether (sulfide) groups is 1. The van der Waals surface area contributed by atoms with E-state index in [0.29, 0.717) is 10.6 Å². The summed E-state index contributed by atoms with van der Waals surface area (Å²) >= 11 is 1.28. The van der Waals surface area contributed by atoms with E-state index in [9.17, 15) is 10.1 Å². The van der Waals surface area contributed by atoms with E-state index in [4.69, 9.17) is 0 Å². The number of aromatic nitrogens is 1. The van der Waals surface area contributed by atoms with Gasteiger partial charge in [-0.05, 0) is 67.4 Å². The largest absolute Gasteiger partial charge is 0.378 e. The smallest absolute Gasteiger partial charge is 0.234 e. The maximum absolute atomic E-state index is 12.3. The highest BCUT2D eigenvalue weighted by molar-refractivity contribution is 8.00. The van der Waals surface area contributed by atoms with Gasteiger partial charge in [0.25, 0.3) is 0 Å². The Hall–Kier alpha value is -3.04. The Labute approximate surface area is 169 Å². The SMILES string of the molecule is Cc1cc2cc(C#N)c(SCC(=O)Nc3ccc(N(C)C)cc3)nc2cc1C. The standard InChI is InChI=1S/C22H22N4OS/c1-14-9-16-11-17(12-23)22(25-20(16)10-15(14)2)28-13-21(27)24-18-5-7-19(8-6-18)26(3)4/h5-11H,13H2,1-4H3,(H,24,27). The van der Waals surface area contributed by atoms with Gasteiger partial charge in [-0.15, -0.1) is 0 Å². The van der Waals surface area contributed by atoms with Gasteiger partial charge in [0.15, 0.2) is 0 Å². The molecule has 0 saturated carbocycles. The van der Waals surface area contributed by atoms with Crippen molar-refractivity contribution < 1.29 is 4.79 Å². The summed E-state index contributed by atoms with van der Waals surface area (Å²) in [5.74, 6) is 0.0569. The summed E-state index contributed by atoms with van der Waals surface area (Å²) in [6, 6.07) is 15.7. The molecule has 5 nitrogen and oxygen atoms in total. The van der Waals surface area contributed by atoms with Gasteiger partial charge in [-0.25, -0.2) is 4.98 Å². The van der Waals surface area contributed by atoms with Gasteiger partial charge in [0.05, 0.1) is 16.8 Å². The van der Waals surface area contributed by atoms with E-state index in [1.165, 1.54) is 17.3 Å². The first-order valence-electron chi connectivity index (χ1n) is 8.89. The summed E-state index contributed by atoms with van der Waals surface area (Å²) in [5.41, 5.74) is 5.46. The maximum atomic E-state index is 12.3. The molecule has 0 aliphatic heterocycles. The number of pyridine rings is 1. The number of nitrogens with one attached hydrogen (secondary N) is 1. The van der Waals surface area contributed by atoms with Gasteiger partial charge in [-0.1, -0.05) is 11.8 Å². The third-order valence-electron chi connectivity index (χ3n) is 4.52. The summed E-state index contributed by atoms with van der Waals surface area (Å²) < 4.78 is 0. The van der Waals surface area contributed by atoms with Crippen molar-refractivity contribution in [3.05, 3.63) is 59.2 Å². The first-order chi connectivity index (χ1) is 13.4. The van der Waals surface area contributed by atoms with Crippen LogP contribution in [0.2, 0.25) is 0 Å². The average molecular weight is 391 g/mol. The molecule has 1 heterocycles. The van der Waals surface area contributed by atoms with Crippen molar-refractivity contribution in [1.29, 1.82) is 5.26 Å². The lowest BCUT2D eigenvalue weighted by Crippen LogP contribution is -2.14. The third-order valence-corrected chi connectivity index (χ3v) is 5.51. The number of carbonyl (C=O) groups excluding carboxylic acids is 1. The molecule has 3 aromatic rings. The molecule has 0 radical (unpaired) electrons. The number of anilines is 2. The number of aryl methyl sites for hydroxylation is 2. The van der Waals surface area contributed by atoms with E-state index >= 15 is 0 Å². The van der Waals surface area contributed by atoms with Crippen LogP contribution < -0.4 is 10.2 Å². The molecule has 0 atom stereocenters. The fourth-order valence-corrected chi connectivity index (χ4v) is 3.55. The predicted octanol–water partition coefficient (Wildman–Crippen LogP) is 4.52. The molecule has 0 aliphatic carbocycles. The molecule has 0 aliphatic rings. The van der Waals surface area contributed by atoms with E-state index in [0.717, 1.165) is 27.8 Å². The molecule has 0 saturated heterocycles. The van der Waals surface area contributed by atoms with Crippen LogP contribution in [0.5, 0.6) is 0 Å². The molecule has 142 valence electrons. The molecule has 0 spiro atoms. The number of hydrogen-bond donors (Lipinski definition) is 1. The van der Waals surface area contributed by atoms with Gasteiger partial charge in [-0.3, -0.25) is 4.79 Å². The second-order valence-corrected chi connectivity index (χ2v) is 7.82. The van der Waals surface area contributed by atoms with Crippen LogP contribution in [0.4, 0.5) is 11.4 Å². The molecule has 3 rings (SSSR count). The van der Waals surface area contributed by atoms with Crippen LogP contribution in [-0.4, -0.2) is 30.7 Å². The predicted molar refractivity (Wildman–Crippen MR) is 116 cm³/mol. The van der Waals surface area contributed by atoms with Gasteiger partial charge in [0, 0.05) is 30.9 Å². The minimum atomic E-state index is -0.131. The molecule has 6 heteroatoms.